The highest BCUT2D eigenvalue weighted by Gasteiger charge is 2.31. The van der Waals surface area contributed by atoms with Gasteiger partial charge in [0.2, 0.25) is 10.0 Å². The van der Waals surface area contributed by atoms with Gasteiger partial charge in [-0.1, -0.05) is 55.3 Å². The molecule has 7 nitrogen and oxygen atoms in total. The maximum absolute atomic E-state index is 12.9. The molecule has 0 unspecified atom stereocenters. The minimum absolute atomic E-state index is 0.00876. The highest BCUT2D eigenvalue weighted by atomic mass is 32.2. The van der Waals surface area contributed by atoms with Crippen molar-refractivity contribution in [2.75, 3.05) is 0 Å². The number of nitro groups is 1. The van der Waals surface area contributed by atoms with Crippen molar-refractivity contribution in [3.63, 3.8) is 0 Å². The van der Waals surface area contributed by atoms with Crippen molar-refractivity contribution in [3.05, 3.63) is 82.4 Å². The van der Waals surface area contributed by atoms with Crippen LogP contribution in [0.25, 0.3) is 10.8 Å². The van der Waals surface area contributed by atoms with Gasteiger partial charge < -0.3 is 5.32 Å². The van der Waals surface area contributed by atoms with E-state index in [0.717, 1.165) is 25.7 Å². The topological polar surface area (TPSA) is 101 Å². The van der Waals surface area contributed by atoms with Gasteiger partial charge in [0.05, 0.1) is 9.82 Å². The molecule has 1 aliphatic carbocycles. The third-order valence-electron chi connectivity index (χ3n) is 6.18. The third kappa shape index (κ3) is 4.82. The lowest BCUT2D eigenvalue weighted by Gasteiger charge is -2.35. The Labute approximate surface area is 188 Å². The van der Waals surface area contributed by atoms with E-state index in [-0.39, 0.29) is 28.7 Å². The summed E-state index contributed by atoms with van der Waals surface area (Å²) in [6.45, 7) is 2.11. The van der Waals surface area contributed by atoms with Gasteiger partial charge in [0.15, 0.2) is 0 Å². The second kappa shape index (κ2) is 9.36. The van der Waals surface area contributed by atoms with Crippen LogP contribution in [0.1, 0.15) is 44.2 Å². The van der Waals surface area contributed by atoms with Crippen molar-refractivity contribution in [1.82, 2.24) is 10.0 Å². The Bertz CT molecular complexity index is 1210. The first-order valence-corrected chi connectivity index (χ1v) is 12.3. The Balaban J connectivity index is 1.52. The number of rotatable bonds is 7. The Morgan fingerprint density at radius 1 is 0.938 bits per heavy atom. The van der Waals surface area contributed by atoms with E-state index in [1.165, 1.54) is 40.6 Å². The number of fused-ring (bicyclic) bond motifs is 1. The predicted molar refractivity (Wildman–Crippen MR) is 125 cm³/mol. The fourth-order valence-electron chi connectivity index (χ4n) is 4.52. The van der Waals surface area contributed by atoms with Gasteiger partial charge >= 0.3 is 0 Å². The average molecular weight is 454 g/mol. The zero-order valence-corrected chi connectivity index (χ0v) is 18.7. The molecule has 8 heteroatoms. The Kier molecular flexibility index (Phi) is 6.55. The number of non-ortho nitro benzene ring substituents is 1. The summed E-state index contributed by atoms with van der Waals surface area (Å²) in [4.78, 5) is 10.3. The molecule has 3 atom stereocenters. The molecule has 0 bridgehead atoms. The van der Waals surface area contributed by atoms with Crippen LogP contribution in [0.15, 0.2) is 71.6 Å². The highest BCUT2D eigenvalue weighted by Crippen LogP contribution is 2.28. The zero-order chi connectivity index (χ0) is 22.7. The van der Waals surface area contributed by atoms with Crippen molar-refractivity contribution < 1.29 is 13.3 Å². The molecule has 1 fully saturated rings. The first-order valence-electron chi connectivity index (χ1n) is 10.9. The molecular weight excluding hydrogens is 426 g/mol. The summed E-state index contributed by atoms with van der Waals surface area (Å²) in [5, 5.41) is 16.9. The normalized spacial score (nSPS) is 20.2. The maximum atomic E-state index is 12.9. The van der Waals surface area contributed by atoms with Crippen LogP contribution in [0.3, 0.4) is 0 Å². The van der Waals surface area contributed by atoms with Crippen LogP contribution in [-0.2, 0) is 10.0 Å². The van der Waals surface area contributed by atoms with E-state index in [1.54, 1.807) is 0 Å². The molecule has 168 valence electrons. The summed E-state index contributed by atoms with van der Waals surface area (Å²) in [7, 11) is -3.78. The van der Waals surface area contributed by atoms with E-state index in [0.29, 0.717) is 0 Å². The molecule has 32 heavy (non-hydrogen) atoms. The average Bonchev–Trinajstić information content (AvgIpc) is 2.80. The van der Waals surface area contributed by atoms with Gasteiger partial charge in [0.1, 0.15) is 0 Å². The summed E-state index contributed by atoms with van der Waals surface area (Å²) in [5.74, 6) is 0. The van der Waals surface area contributed by atoms with E-state index >= 15 is 0 Å². The number of hydrogen-bond donors (Lipinski definition) is 2. The van der Waals surface area contributed by atoms with E-state index < -0.39 is 14.9 Å². The van der Waals surface area contributed by atoms with Gasteiger partial charge in [-0.05, 0) is 48.2 Å². The Morgan fingerprint density at radius 2 is 1.59 bits per heavy atom. The van der Waals surface area contributed by atoms with Gasteiger partial charge in [0, 0.05) is 30.3 Å². The van der Waals surface area contributed by atoms with Crippen LogP contribution < -0.4 is 10.0 Å². The molecule has 0 radical (unpaired) electrons. The molecule has 1 saturated carbocycles. The van der Waals surface area contributed by atoms with E-state index in [4.69, 9.17) is 0 Å². The van der Waals surface area contributed by atoms with Crippen molar-refractivity contribution >= 4 is 26.5 Å². The second-order valence-electron chi connectivity index (χ2n) is 8.33. The zero-order valence-electron chi connectivity index (χ0n) is 17.9. The van der Waals surface area contributed by atoms with Gasteiger partial charge in [-0.15, -0.1) is 0 Å². The lowest BCUT2D eigenvalue weighted by Crippen LogP contribution is -2.52. The molecule has 0 spiro atoms. The van der Waals surface area contributed by atoms with Crippen LogP contribution in [0, 0.1) is 10.1 Å². The van der Waals surface area contributed by atoms with Crippen molar-refractivity contribution in [2.24, 2.45) is 0 Å². The second-order valence-corrected chi connectivity index (χ2v) is 10.0. The summed E-state index contributed by atoms with van der Waals surface area (Å²) in [5.41, 5.74) is 1.05. The number of sulfonamides is 1. The van der Waals surface area contributed by atoms with Crippen LogP contribution in [0.4, 0.5) is 5.69 Å². The molecule has 0 amide bonds. The fourth-order valence-corrected chi connectivity index (χ4v) is 5.84. The van der Waals surface area contributed by atoms with Gasteiger partial charge in [-0.2, -0.15) is 0 Å². The lowest BCUT2D eigenvalue weighted by molar-refractivity contribution is -0.384. The van der Waals surface area contributed by atoms with Crippen LogP contribution >= 0.6 is 0 Å². The molecule has 3 aromatic rings. The van der Waals surface area contributed by atoms with E-state index in [1.807, 2.05) is 18.2 Å². The quantitative estimate of drug-likeness (QED) is 0.399. The molecule has 0 aromatic heterocycles. The smallest absolute Gasteiger partial charge is 0.269 e. The number of nitrogens with zero attached hydrogens (tertiary/aromatic N) is 1. The molecule has 0 heterocycles. The first kappa shape index (κ1) is 22.4. The lowest BCUT2D eigenvalue weighted by atomic mass is 9.89. The molecule has 4 rings (SSSR count). The predicted octanol–water partition coefficient (Wildman–Crippen LogP) is 4.69. The molecular formula is C24H27N3O4S. The minimum Gasteiger partial charge on any atom is -0.306 e. The molecule has 2 N–H and O–H groups in total. The summed E-state index contributed by atoms with van der Waals surface area (Å²) >= 11 is 0. The van der Waals surface area contributed by atoms with Crippen molar-refractivity contribution in [3.8, 4) is 0 Å². The molecule has 1 aliphatic rings. The summed E-state index contributed by atoms with van der Waals surface area (Å²) in [6.07, 6.45) is 3.61. The van der Waals surface area contributed by atoms with E-state index in [9.17, 15) is 18.5 Å². The number of nitro benzene ring substituents is 1. The summed E-state index contributed by atoms with van der Waals surface area (Å²) in [6, 6.07) is 19.3. The van der Waals surface area contributed by atoms with Crippen molar-refractivity contribution in [1.29, 1.82) is 0 Å². The molecule has 0 aliphatic heterocycles. The minimum atomic E-state index is -3.78. The van der Waals surface area contributed by atoms with Crippen LogP contribution in [0.5, 0.6) is 0 Å². The van der Waals surface area contributed by atoms with Crippen LogP contribution in [-0.4, -0.2) is 25.4 Å². The Morgan fingerprint density at radius 3 is 2.31 bits per heavy atom. The fraction of sp³-hybridized carbons (Fsp3) is 0.333. The monoisotopic (exact) mass is 453 g/mol. The number of benzene rings is 3. The molecule has 0 saturated heterocycles. The highest BCUT2D eigenvalue weighted by molar-refractivity contribution is 7.89. The SMILES string of the molecule is C[C@@H](N[C@H]1CCCC[C@@H]1NS(=O)(=O)c1ccc([N+](=O)[O-])cc1)c1cccc2ccccc12. The van der Waals surface area contributed by atoms with Crippen LogP contribution in [0.2, 0.25) is 0 Å². The Hall–Kier alpha value is -2.81. The van der Waals surface area contributed by atoms with Gasteiger partial charge in [0.25, 0.3) is 5.69 Å². The standard InChI is InChI=1S/C24H27N3O4S/c1-17(21-10-6-8-18-7-2-3-9-22(18)21)25-23-11-4-5-12-24(23)26-32(30,31)20-15-13-19(14-16-20)27(28)29/h2-3,6-10,13-17,23-26H,4-5,11-12H2,1H3/t17-,23+,24+/m1/s1. The first-order chi connectivity index (χ1) is 15.3. The van der Waals surface area contributed by atoms with Gasteiger partial charge in [-0.25, -0.2) is 13.1 Å². The summed E-state index contributed by atoms with van der Waals surface area (Å²) < 4.78 is 28.7. The number of hydrogen-bond acceptors (Lipinski definition) is 5. The molecule has 3 aromatic carbocycles. The van der Waals surface area contributed by atoms with Crippen molar-refractivity contribution in [2.45, 2.75) is 55.6 Å². The maximum Gasteiger partial charge on any atom is 0.269 e. The largest absolute Gasteiger partial charge is 0.306 e. The van der Waals surface area contributed by atoms with E-state index in [2.05, 4.69) is 41.2 Å². The third-order valence-corrected chi connectivity index (χ3v) is 7.69. The number of nitrogens with one attached hydrogen (secondary N) is 2. The van der Waals surface area contributed by atoms with Gasteiger partial charge in [-0.3, -0.25) is 10.1 Å².